The van der Waals surface area contributed by atoms with Crippen LogP contribution in [0.25, 0.3) is 0 Å². The molecule has 2 aliphatic rings. The lowest BCUT2D eigenvalue weighted by atomic mass is 10.0. The maximum atomic E-state index is 12.3. The lowest BCUT2D eigenvalue weighted by Gasteiger charge is -2.40. The molecule has 0 aromatic heterocycles. The molecule has 1 unspecified atom stereocenters. The Bertz CT molecular complexity index is 315. The van der Waals surface area contributed by atoms with E-state index in [1.165, 1.54) is 0 Å². The van der Waals surface area contributed by atoms with Gasteiger partial charge in [0.1, 0.15) is 0 Å². The molecule has 2 heterocycles. The zero-order valence-electron chi connectivity index (χ0n) is 13.0. The third-order valence-corrected chi connectivity index (χ3v) is 4.63. The Morgan fingerprint density at radius 2 is 1.75 bits per heavy atom. The first-order valence-corrected chi connectivity index (χ1v) is 7.92. The molecule has 2 saturated heterocycles. The standard InChI is InChI=1S/C15H28N2O3/c1-4-13(5-2)16-14(18)12(3)17-8-6-15(7-9-17)19-10-11-20-15/h12-13H,4-11H2,1-3H3,(H,16,18). The predicted molar refractivity (Wildman–Crippen MR) is 77.4 cm³/mol. The van der Waals surface area contributed by atoms with Crippen LogP contribution in [0, 0.1) is 0 Å². The Balaban J connectivity index is 1.81. The molecule has 2 fully saturated rings. The van der Waals surface area contributed by atoms with Gasteiger partial charge in [0.25, 0.3) is 0 Å². The summed E-state index contributed by atoms with van der Waals surface area (Å²) < 4.78 is 11.4. The van der Waals surface area contributed by atoms with Gasteiger partial charge in [0.2, 0.25) is 5.91 Å². The summed E-state index contributed by atoms with van der Waals surface area (Å²) in [6, 6.07) is 0.219. The number of hydrogen-bond donors (Lipinski definition) is 1. The van der Waals surface area contributed by atoms with Gasteiger partial charge in [0, 0.05) is 32.0 Å². The lowest BCUT2D eigenvalue weighted by Crippen LogP contribution is -2.53. The summed E-state index contributed by atoms with van der Waals surface area (Å²) in [6.07, 6.45) is 3.69. The molecular formula is C15H28N2O3. The second-order valence-electron chi connectivity index (χ2n) is 5.84. The van der Waals surface area contributed by atoms with Gasteiger partial charge in [-0.25, -0.2) is 0 Å². The summed E-state index contributed by atoms with van der Waals surface area (Å²) in [5.41, 5.74) is 0. The third-order valence-electron chi connectivity index (χ3n) is 4.63. The third kappa shape index (κ3) is 3.51. The molecular weight excluding hydrogens is 256 g/mol. The highest BCUT2D eigenvalue weighted by atomic mass is 16.7. The Kier molecular flexibility index (Phi) is 5.41. The Hall–Kier alpha value is -0.650. The molecule has 1 N–H and O–H groups in total. The lowest BCUT2D eigenvalue weighted by molar-refractivity contribution is -0.188. The van der Waals surface area contributed by atoms with Gasteiger partial charge in [0.05, 0.1) is 19.3 Å². The smallest absolute Gasteiger partial charge is 0.237 e. The normalized spacial score (nSPS) is 24.2. The first-order valence-electron chi connectivity index (χ1n) is 7.92. The molecule has 1 amide bonds. The number of nitrogens with zero attached hydrogens (tertiary/aromatic N) is 1. The van der Waals surface area contributed by atoms with E-state index in [0.29, 0.717) is 19.3 Å². The number of rotatable bonds is 5. The van der Waals surface area contributed by atoms with Crippen LogP contribution in [-0.2, 0) is 14.3 Å². The van der Waals surface area contributed by atoms with E-state index >= 15 is 0 Å². The van der Waals surface area contributed by atoms with E-state index in [4.69, 9.17) is 9.47 Å². The van der Waals surface area contributed by atoms with Crippen molar-refractivity contribution in [2.75, 3.05) is 26.3 Å². The fourth-order valence-corrected chi connectivity index (χ4v) is 3.02. The van der Waals surface area contributed by atoms with Gasteiger partial charge in [-0.3, -0.25) is 9.69 Å². The minimum absolute atomic E-state index is 0.0747. The first-order chi connectivity index (χ1) is 9.60. The molecule has 2 rings (SSSR count). The zero-order valence-corrected chi connectivity index (χ0v) is 13.0. The van der Waals surface area contributed by atoms with Crippen LogP contribution in [0.15, 0.2) is 0 Å². The van der Waals surface area contributed by atoms with E-state index in [9.17, 15) is 4.79 Å². The van der Waals surface area contributed by atoms with Crippen molar-refractivity contribution < 1.29 is 14.3 Å². The molecule has 0 aromatic rings. The van der Waals surface area contributed by atoms with Gasteiger partial charge in [-0.05, 0) is 19.8 Å². The highest BCUT2D eigenvalue weighted by Crippen LogP contribution is 2.31. The topological polar surface area (TPSA) is 50.8 Å². The molecule has 0 saturated carbocycles. The van der Waals surface area contributed by atoms with Gasteiger partial charge in [-0.2, -0.15) is 0 Å². The van der Waals surface area contributed by atoms with E-state index in [-0.39, 0.29) is 17.7 Å². The number of amides is 1. The Labute approximate surface area is 122 Å². The maximum Gasteiger partial charge on any atom is 0.237 e. The molecule has 0 bridgehead atoms. The van der Waals surface area contributed by atoms with Crippen molar-refractivity contribution in [1.82, 2.24) is 10.2 Å². The molecule has 1 spiro atoms. The summed E-state index contributed by atoms with van der Waals surface area (Å²) >= 11 is 0. The monoisotopic (exact) mass is 284 g/mol. The van der Waals surface area contributed by atoms with Crippen LogP contribution >= 0.6 is 0 Å². The second kappa shape index (κ2) is 6.87. The average Bonchev–Trinajstić information content (AvgIpc) is 2.92. The van der Waals surface area contributed by atoms with E-state index in [1.54, 1.807) is 0 Å². The van der Waals surface area contributed by atoms with Crippen molar-refractivity contribution in [2.45, 2.75) is 64.3 Å². The van der Waals surface area contributed by atoms with E-state index in [1.807, 2.05) is 6.92 Å². The minimum atomic E-state index is -0.359. The van der Waals surface area contributed by atoms with Gasteiger partial charge >= 0.3 is 0 Å². The molecule has 0 aliphatic carbocycles. The first kappa shape index (κ1) is 15.7. The molecule has 20 heavy (non-hydrogen) atoms. The van der Waals surface area contributed by atoms with Crippen LogP contribution in [-0.4, -0.2) is 55.0 Å². The molecule has 0 aromatic carbocycles. The van der Waals surface area contributed by atoms with E-state index < -0.39 is 0 Å². The molecule has 5 heteroatoms. The molecule has 5 nitrogen and oxygen atoms in total. The van der Waals surface area contributed by atoms with Crippen molar-refractivity contribution in [2.24, 2.45) is 0 Å². The van der Waals surface area contributed by atoms with Crippen molar-refractivity contribution in [3.63, 3.8) is 0 Å². The highest BCUT2D eigenvalue weighted by molar-refractivity contribution is 5.81. The van der Waals surface area contributed by atoms with Crippen LogP contribution in [0.1, 0.15) is 46.5 Å². The van der Waals surface area contributed by atoms with Crippen LogP contribution in [0.3, 0.4) is 0 Å². The van der Waals surface area contributed by atoms with Crippen LogP contribution < -0.4 is 5.32 Å². The number of hydrogen-bond acceptors (Lipinski definition) is 4. The van der Waals surface area contributed by atoms with Crippen LogP contribution in [0.5, 0.6) is 0 Å². The van der Waals surface area contributed by atoms with Crippen LogP contribution in [0.2, 0.25) is 0 Å². The molecule has 1 atom stereocenters. The maximum absolute atomic E-state index is 12.3. The summed E-state index contributed by atoms with van der Waals surface area (Å²) in [7, 11) is 0. The summed E-state index contributed by atoms with van der Waals surface area (Å²) in [4.78, 5) is 14.5. The Morgan fingerprint density at radius 1 is 1.20 bits per heavy atom. The van der Waals surface area contributed by atoms with Gasteiger partial charge < -0.3 is 14.8 Å². The number of likely N-dealkylation sites (tertiary alicyclic amines) is 1. The molecule has 2 aliphatic heterocycles. The largest absolute Gasteiger partial charge is 0.352 e. The minimum Gasteiger partial charge on any atom is -0.352 e. The summed E-state index contributed by atoms with van der Waals surface area (Å²) in [5, 5.41) is 3.13. The van der Waals surface area contributed by atoms with Gasteiger partial charge in [0.15, 0.2) is 5.79 Å². The SMILES string of the molecule is CCC(CC)NC(=O)C(C)N1CCC2(CC1)OCCO2. The van der Waals surface area contributed by atoms with Crippen molar-refractivity contribution >= 4 is 5.91 Å². The van der Waals surface area contributed by atoms with Crippen molar-refractivity contribution in [1.29, 1.82) is 0 Å². The quantitative estimate of drug-likeness (QED) is 0.831. The van der Waals surface area contributed by atoms with E-state index in [2.05, 4.69) is 24.1 Å². The highest BCUT2D eigenvalue weighted by Gasteiger charge is 2.41. The van der Waals surface area contributed by atoms with E-state index in [0.717, 1.165) is 38.8 Å². The molecule has 116 valence electrons. The second-order valence-corrected chi connectivity index (χ2v) is 5.84. The number of piperidine rings is 1. The number of carbonyl (C=O) groups is 1. The molecule has 0 radical (unpaired) electrons. The number of ether oxygens (including phenoxy) is 2. The summed E-state index contributed by atoms with van der Waals surface area (Å²) in [6.45, 7) is 9.33. The predicted octanol–water partition coefficient (Wildman–Crippen LogP) is 1.52. The van der Waals surface area contributed by atoms with Crippen molar-refractivity contribution in [3.8, 4) is 0 Å². The average molecular weight is 284 g/mol. The Morgan fingerprint density at radius 3 is 2.25 bits per heavy atom. The summed E-state index contributed by atoms with van der Waals surface area (Å²) in [5.74, 6) is -0.217. The number of nitrogens with one attached hydrogen (secondary N) is 1. The number of carbonyl (C=O) groups excluding carboxylic acids is 1. The van der Waals surface area contributed by atoms with Gasteiger partial charge in [-0.15, -0.1) is 0 Å². The fourth-order valence-electron chi connectivity index (χ4n) is 3.02. The zero-order chi connectivity index (χ0) is 14.6. The fraction of sp³-hybridized carbons (Fsp3) is 0.933. The van der Waals surface area contributed by atoms with Crippen LogP contribution in [0.4, 0.5) is 0 Å². The van der Waals surface area contributed by atoms with Gasteiger partial charge in [-0.1, -0.05) is 13.8 Å². The van der Waals surface area contributed by atoms with Crippen molar-refractivity contribution in [3.05, 3.63) is 0 Å².